The maximum atomic E-state index is 3.17. The van der Waals surface area contributed by atoms with Crippen LogP contribution in [0, 0.1) is 0 Å². The third kappa shape index (κ3) is 7.24. The normalized spacial score (nSPS) is 22.1. The fourth-order valence-electron chi connectivity index (χ4n) is 1.57. The third-order valence-electron chi connectivity index (χ3n) is 1.56. The summed E-state index contributed by atoms with van der Waals surface area (Å²) in [4.78, 5) is 4.61. The number of halogens is 3. The first-order valence-corrected chi connectivity index (χ1v) is 3.99. The van der Waals surface area contributed by atoms with Crippen LogP contribution in [0.2, 0.25) is 0 Å². The van der Waals surface area contributed by atoms with Gasteiger partial charge in [0, 0.05) is 0 Å². The van der Waals surface area contributed by atoms with Crippen LogP contribution in [0.5, 0.6) is 0 Å². The maximum absolute atomic E-state index is 3.17. The minimum absolute atomic E-state index is 0. The van der Waals surface area contributed by atoms with Crippen LogP contribution in [0.15, 0.2) is 0 Å². The zero-order chi connectivity index (χ0) is 7.78. The molecule has 0 spiro atoms. The van der Waals surface area contributed by atoms with E-state index in [0.29, 0.717) is 0 Å². The van der Waals surface area contributed by atoms with Crippen LogP contribution in [0.25, 0.3) is 0 Å². The molecule has 1 rings (SSSR count). The van der Waals surface area contributed by atoms with Gasteiger partial charge in [0.15, 0.2) is 0 Å². The van der Waals surface area contributed by atoms with Crippen LogP contribution in [0.3, 0.4) is 0 Å². The van der Waals surface area contributed by atoms with Gasteiger partial charge in [0.1, 0.15) is 0 Å². The van der Waals surface area contributed by atoms with Gasteiger partial charge in [0.2, 0.25) is 0 Å². The van der Waals surface area contributed by atoms with Crippen molar-refractivity contribution >= 4 is 0 Å². The maximum Gasteiger partial charge on any atom is -1.00 e. The number of rotatable bonds is 0. The van der Waals surface area contributed by atoms with E-state index in [0.717, 1.165) is 23.5 Å². The van der Waals surface area contributed by atoms with Crippen LogP contribution < -0.4 is 37.2 Å². The average molecular weight is 288 g/mol. The summed E-state index contributed by atoms with van der Waals surface area (Å²) in [5.74, 6) is 0. The van der Waals surface area contributed by atoms with Gasteiger partial charge >= 0.3 is 70.9 Å². The summed E-state index contributed by atoms with van der Waals surface area (Å²) in [6, 6.07) is 0. The van der Waals surface area contributed by atoms with Gasteiger partial charge in [-0.05, 0) is 0 Å². The zero-order valence-electron chi connectivity index (χ0n) is 8.01. The van der Waals surface area contributed by atoms with Crippen LogP contribution in [-0.2, 0) is 16.5 Å². The van der Waals surface area contributed by atoms with Crippen molar-refractivity contribution in [2.45, 2.75) is 0 Å². The van der Waals surface area contributed by atoms with Gasteiger partial charge < -0.3 is 37.2 Å². The number of quaternary nitrogens is 1. The molecular weight excluding hydrogens is 272 g/mol. The molecular formula is C6H15Cl3CrN3-2. The molecule has 1 fully saturated rings. The van der Waals surface area contributed by atoms with E-state index in [1.165, 1.54) is 0 Å². The Morgan fingerprint density at radius 3 is 1.54 bits per heavy atom. The topological polar surface area (TPSA) is 6.48 Å². The molecule has 1 saturated heterocycles. The summed E-state index contributed by atoms with van der Waals surface area (Å²) in [7, 11) is 6.49. The molecule has 1 heterocycles. The number of hydrogen-bond acceptors (Lipinski definition) is 2. The van der Waals surface area contributed by atoms with Crippen molar-refractivity contribution in [3.8, 4) is 0 Å². The van der Waals surface area contributed by atoms with Gasteiger partial charge in [0.25, 0.3) is 0 Å². The standard InChI is InChI=1S/C6H15N3.3ClH.Cr/c1-7-4-8(2)6-9(3)5-7;;;;/h4-6H2,1-3H3;3*1H;/q;;;;+1/p-3. The van der Waals surface area contributed by atoms with E-state index in [9.17, 15) is 0 Å². The second-order valence-corrected chi connectivity index (χ2v) is 4.81. The molecule has 1 aliphatic rings. The molecule has 3 nitrogen and oxygen atoms in total. The van der Waals surface area contributed by atoms with E-state index in [1.807, 2.05) is 0 Å². The molecule has 0 saturated carbocycles. The predicted molar refractivity (Wildman–Crippen MR) is 36.3 cm³/mol. The molecule has 0 atom stereocenters. The molecule has 83 valence electrons. The molecule has 13 heavy (non-hydrogen) atoms. The first kappa shape index (κ1) is 19.8. The van der Waals surface area contributed by atoms with Gasteiger partial charge in [-0.2, -0.15) is 0 Å². The Kier molecular flexibility index (Phi) is 11.5. The minimum atomic E-state index is 0. The Morgan fingerprint density at radius 2 is 1.31 bits per heavy atom. The number of nitrogens with zero attached hydrogens (tertiary/aromatic N) is 3. The van der Waals surface area contributed by atoms with Crippen molar-refractivity contribution in [1.29, 1.82) is 0 Å². The first-order chi connectivity index (χ1) is 4.49. The van der Waals surface area contributed by atoms with Crippen LogP contribution in [-0.4, -0.2) is 54.4 Å². The second kappa shape index (κ2) is 7.56. The molecule has 0 aromatic heterocycles. The van der Waals surface area contributed by atoms with Crippen molar-refractivity contribution in [3.63, 3.8) is 0 Å². The monoisotopic (exact) mass is 286 g/mol. The van der Waals surface area contributed by atoms with Crippen molar-refractivity contribution in [1.82, 2.24) is 9.80 Å². The summed E-state index contributed by atoms with van der Waals surface area (Å²) in [6.07, 6.45) is 0. The van der Waals surface area contributed by atoms with E-state index in [4.69, 9.17) is 0 Å². The summed E-state index contributed by atoms with van der Waals surface area (Å²) in [5, 5.41) is 0. The third-order valence-corrected chi connectivity index (χ3v) is 1.92. The van der Waals surface area contributed by atoms with Crippen molar-refractivity contribution in [2.24, 2.45) is 0 Å². The largest absolute Gasteiger partial charge is 1.00 e. The van der Waals surface area contributed by atoms with Gasteiger partial charge in [-0.25, -0.2) is 0 Å². The Labute approximate surface area is 108 Å². The Morgan fingerprint density at radius 1 is 1.00 bits per heavy atom. The summed E-state index contributed by atoms with van der Waals surface area (Å²) >= 11 is 3.17. The smallest absolute Gasteiger partial charge is 1.00 e. The minimum Gasteiger partial charge on any atom is -1.00 e. The second-order valence-electron chi connectivity index (χ2n) is 3.43. The van der Waals surface area contributed by atoms with E-state index in [-0.39, 0.29) is 37.2 Å². The molecule has 0 aromatic carbocycles. The van der Waals surface area contributed by atoms with Gasteiger partial charge in [0.05, 0.1) is 0 Å². The fraction of sp³-hybridized carbons (Fsp3) is 1.00. The van der Waals surface area contributed by atoms with Crippen LogP contribution in [0.1, 0.15) is 0 Å². The molecule has 0 bridgehead atoms. The molecule has 0 amide bonds. The molecule has 0 aliphatic carbocycles. The van der Waals surface area contributed by atoms with E-state index in [2.05, 4.69) is 47.5 Å². The van der Waals surface area contributed by atoms with Crippen molar-refractivity contribution < 1.29 is 57.2 Å². The van der Waals surface area contributed by atoms with Crippen LogP contribution in [0.4, 0.5) is 0 Å². The summed E-state index contributed by atoms with van der Waals surface area (Å²) < 4.78 is 0.951. The van der Waals surface area contributed by atoms with E-state index < -0.39 is 0 Å². The van der Waals surface area contributed by atoms with Crippen molar-refractivity contribution in [2.75, 3.05) is 41.1 Å². The SMILES string of the molecule is CN1CN(C)C[N+](C)([Cr])C1.[Cl-].[Cl-].[Cl-]. The molecule has 0 radical (unpaired) electrons. The summed E-state index contributed by atoms with van der Waals surface area (Å²) in [6.45, 7) is 3.28. The Bertz CT molecular complexity index is 124. The average Bonchev–Trinajstić information content (AvgIpc) is 1.54. The summed E-state index contributed by atoms with van der Waals surface area (Å²) in [5.41, 5.74) is 0. The van der Waals surface area contributed by atoms with Crippen molar-refractivity contribution in [3.05, 3.63) is 0 Å². The predicted octanol–water partition coefficient (Wildman–Crippen LogP) is -9.34. The van der Waals surface area contributed by atoms with E-state index >= 15 is 0 Å². The Balaban J connectivity index is -0.000000333. The van der Waals surface area contributed by atoms with E-state index in [1.54, 1.807) is 0 Å². The molecule has 0 aromatic rings. The van der Waals surface area contributed by atoms with Crippen LogP contribution >= 0.6 is 0 Å². The van der Waals surface area contributed by atoms with Gasteiger partial charge in [-0.1, -0.05) is 0 Å². The first-order valence-electron chi connectivity index (χ1n) is 3.42. The van der Waals surface area contributed by atoms with Gasteiger partial charge in [-0.3, -0.25) is 0 Å². The Hall–Kier alpha value is 1.28. The molecule has 7 heteroatoms. The fourth-order valence-corrected chi connectivity index (χ4v) is 2.18. The molecule has 1 aliphatic heterocycles. The van der Waals surface area contributed by atoms with Gasteiger partial charge in [-0.15, -0.1) is 0 Å². The molecule has 0 N–H and O–H groups in total. The molecule has 0 unspecified atom stereocenters. The number of hydrogen-bond donors (Lipinski definition) is 0. The quantitative estimate of drug-likeness (QED) is 0.437. The zero-order valence-corrected chi connectivity index (χ0v) is 11.5.